The molecule has 0 aromatic carbocycles. The molecule has 3 nitrogen and oxygen atoms in total. The minimum Gasteiger partial charge on any atom is -0.391 e. The predicted molar refractivity (Wildman–Crippen MR) is 60.5 cm³/mol. The topological polar surface area (TPSA) is 40.5 Å². The maximum absolute atomic E-state index is 11.8. The summed E-state index contributed by atoms with van der Waals surface area (Å²) in [5, 5.41) is 9.83. The Balaban J connectivity index is 2.50. The van der Waals surface area contributed by atoms with Crippen molar-refractivity contribution in [2.75, 3.05) is 7.05 Å². The SMILES string of the molecule is CC(C)CC(=O)N(C)C1CCCCC1O. The molecule has 15 heavy (non-hydrogen) atoms. The van der Waals surface area contributed by atoms with Crippen molar-refractivity contribution in [1.82, 2.24) is 4.90 Å². The van der Waals surface area contributed by atoms with Gasteiger partial charge in [-0.15, -0.1) is 0 Å². The molecule has 88 valence electrons. The number of carbonyl (C=O) groups is 1. The summed E-state index contributed by atoms with van der Waals surface area (Å²) in [5.74, 6) is 0.552. The monoisotopic (exact) mass is 213 g/mol. The van der Waals surface area contributed by atoms with Crippen molar-refractivity contribution >= 4 is 5.91 Å². The van der Waals surface area contributed by atoms with Gasteiger partial charge >= 0.3 is 0 Å². The Bertz CT molecular complexity index is 216. The molecule has 0 aromatic heterocycles. The van der Waals surface area contributed by atoms with Gasteiger partial charge in [0, 0.05) is 13.5 Å². The molecule has 0 aliphatic heterocycles. The Morgan fingerprint density at radius 2 is 2.00 bits per heavy atom. The summed E-state index contributed by atoms with van der Waals surface area (Å²) in [6.07, 6.45) is 4.26. The van der Waals surface area contributed by atoms with E-state index in [4.69, 9.17) is 0 Å². The fraction of sp³-hybridized carbons (Fsp3) is 0.917. The number of hydrogen-bond donors (Lipinski definition) is 1. The van der Waals surface area contributed by atoms with Gasteiger partial charge in [0.15, 0.2) is 0 Å². The Hall–Kier alpha value is -0.570. The molecule has 1 rings (SSSR count). The fourth-order valence-electron chi connectivity index (χ4n) is 2.22. The number of carbonyl (C=O) groups excluding carboxylic acids is 1. The summed E-state index contributed by atoms with van der Waals surface area (Å²) < 4.78 is 0. The first kappa shape index (κ1) is 12.5. The van der Waals surface area contributed by atoms with Gasteiger partial charge in [-0.2, -0.15) is 0 Å². The van der Waals surface area contributed by atoms with Crippen LogP contribution in [0.4, 0.5) is 0 Å². The van der Waals surface area contributed by atoms with Gasteiger partial charge in [-0.25, -0.2) is 0 Å². The minimum absolute atomic E-state index is 0.0463. The number of amides is 1. The summed E-state index contributed by atoms with van der Waals surface area (Å²) in [6.45, 7) is 4.09. The van der Waals surface area contributed by atoms with Gasteiger partial charge in [-0.3, -0.25) is 4.79 Å². The van der Waals surface area contributed by atoms with Crippen molar-refractivity contribution in [3.63, 3.8) is 0 Å². The molecule has 0 radical (unpaired) electrons. The van der Waals surface area contributed by atoms with Gasteiger partial charge in [0.1, 0.15) is 0 Å². The summed E-state index contributed by atoms with van der Waals surface area (Å²) in [6, 6.07) is 0.0463. The van der Waals surface area contributed by atoms with Gasteiger partial charge < -0.3 is 10.0 Å². The lowest BCUT2D eigenvalue weighted by Gasteiger charge is -2.35. The third kappa shape index (κ3) is 3.49. The van der Waals surface area contributed by atoms with Crippen molar-refractivity contribution < 1.29 is 9.90 Å². The average Bonchev–Trinajstić information content (AvgIpc) is 2.16. The molecule has 2 atom stereocenters. The standard InChI is InChI=1S/C12H23NO2/c1-9(2)8-12(15)13(3)10-6-4-5-7-11(10)14/h9-11,14H,4-8H2,1-3H3. The summed E-state index contributed by atoms with van der Waals surface area (Å²) in [7, 11) is 1.82. The van der Waals surface area contributed by atoms with E-state index in [-0.39, 0.29) is 18.1 Å². The molecule has 0 aromatic rings. The molecule has 0 spiro atoms. The zero-order valence-electron chi connectivity index (χ0n) is 10.1. The van der Waals surface area contributed by atoms with E-state index in [0.29, 0.717) is 12.3 Å². The molecule has 1 aliphatic rings. The fourth-order valence-corrected chi connectivity index (χ4v) is 2.22. The molecule has 1 aliphatic carbocycles. The minimum atomic E-state index is -0.320. The molecule has 2 unspecified atom stereocenters. The first-order valence-electron chi connectivity index (χ1n) is 5.96. The van der Waals surface area contributed by atoms with Crippen LogP contribution in [0.25, 0.3) is 0 Å². The Kier molecular flexibility index (Phi) is 4.58. The van der Waals surface area contributed by atoms with Crippen LogP contribution in [0.5, 0.6) is 0 Å². The molecule has 0 saturated heterocycles. The first-order chi connectivity index (χ1) is 7.02. The van der Waals surface area contributed by atoms with E-state index in [2.05, 4.69) is 0 Å². The smallest absolute Gasteiger partial charge is 0.222 e. The molecule has 1 fully saturated rings. The van der Waals surface area contributed by atoms with Crippen LogP contribution >= 0.6 is 0 Å². The van der Waals surface area contributed by atoms with E-state index in [0.717, 1.165) is 25.7 Å². The van der Waals surface area contributed by atoms with E-state index < -0.39 is 0 Å². The van der Waals surface area contributed by atoms with Crippen LogP contribution in [-0.2, 0) is 4.79 Å². The van der Waals surface area contributed by atoms with Crippen molar-refractivity contribution in [3.8, 4) is 0 Å². The second-order valence-corrected chi connectivity index (χ2v) is 5.02. The van der Waals surface area contributed by atoms with Gasteiger partial charge in [-0.05, 0) is 18.8 Å². The number of hydrogen-bond acceptors (Lipinski definition) is 2. The third-order valence-corrected chi connectivity index (χ3v) is 3.17. The average molecular weight is 213 g/mol. The van der Waals surface area contributed by atoms with Crippen LogP contribution in [0.3, 0.4) is 0 Å². The van der Waals surface area contributed by atoms with E-state index in [9.17, 15) is 9.90 Å². The van der Waals surface area contributed by atoms with Crippen LogP contribution in [0, 0.1) is 5.92 Å². The largest absolute Gasteiger partial charge is 0.391 e. The summed E-state index contributed by atoms with van der Waals surface area (Å²) in [5.41, 5.74) is 0. The lowest BCUT2D eigenvalue weighted by Crippen LogP contribution is -2.46. The second kappa shape index (κ2) is 5.50. The molecule has 3 heteroatoms. The summed E-state index contributed by atoms with van der Waals surface area (Å²) in [4.78, 5) is 13.6. The lowest BCUT2D eigenvalue weighted by atomic mass is 9.91. The molecule has 0 heterocycles. The quantitative estimate of drug-likeness (QED) is 0.776. The van der Waals surface area contributed by atoms with Crippen molar-refractivity contribution in [2.24, 2.45) is 5.92 Å². The highest BCUT2D eigenvalue weighted by atomic mass is 16.3. The van der Waals surface area contributed by atoms with Crippen LogP contribution in [-0.4, -0.2) is 35.1 Å². The van der Waals surface area contributed by atoms with E-state index in [1.165, 1.54) is 0 Å². The van der Waals surface area contributed by atoms with Gasteiger partial charge in [0.05, 0.1) is 12.1 Å². The molecular weight excluding hydrogens is 190 g/mol. The van der Waals surface area contributed by atoms with Gasteiger partial charge in [0.25, 0.3) is 0 Å². The number of aliphatic hydroxyl groups excluding tert-OH is 1. The van der Waals surface area contributed by atoms with Crippen LogP contribution < -0.4 is 0 Å². The molecule has 1 amide bonds. The molecular formula is C12H23NO2. The maximum atomic E-state index is 11.8. The Morgan fingerprint density at radius 3 is 2.53 bits per heavy atom. The maximum Gasteiger partial charge on any atom is 0.222 e. The molecule has 0 bridgehead atoms. The zero-order chi connectivity index (χ0) is 11.4. The van der Waals surface area contributed by atoms with E-state index in [1.807, 2.05) is 20.9 Å². The number of aliphatic hydroxyl groups is 1. The normalized spacial score (nSPS) is 26.7. The number of rotatable bonds is 3. The van der Waals surface area contributed by atoms with E-state index >= 15 is 0 Å². The first-order valence-corrected chi connectivity index (χ1v) is 5.96. The lowest BCUT2D eigenvalue weighted by molar-refractivity contribution is -0.136. The van der Waals surface area contributed by atoms with Crippen molar-refractivity contribution in [3.05, 3.63) is 0 Å². The Labute approximate surface area is 92.5 Å². The number of likely N-dealkylation sites (N-methyl/N-ethyl adjacent to an activating group) is 1. The second-order valence-electron chi connectivity index (χ2n) is 5.02. The molecule has 1 N–H and O–H groups in total. The highest BCUT2D eigenvalue weighted by molar-refractivity contribution is 5.76. The highest BCUT2D eigenvalue weighted by Gasteiger charge is 2.29. The van der Waals surface area contributed by atoms with Crippen molar-refractivity contribution in [1.29, 1.82) is 0 Å². The van der Waals surface area contributed by atoms with Gasteiger partial charge in [0.2, 0.25) is 5.91 Å². The Morgan fingerprint density at radius 1 is 1.40 bits per heavy atom. The number of nitrogens with zero attached hydrogens (tertiary/aromatic N) is 1. The van der Waals surface area contributed by atoms with E-state index in [1.54, 1.807) is 4.90 Å². The summed E-state index contributed by atoms with van der Waals surface area (Å²) >= 11 is 0. The predicted octanol–water partition coefficient (Wildman–Crippen LogP) is 1.79. The van der Waals surface area contributed by atoms with Gasteiger partial charge in [-0.1, -0.05) is 26.7 Å². The van der Waals surface area contributed by atoms with Crippen molar-refractivity contribution in [2.45, 2.75) is 58.1 Å². The highest BCUT2D eigenvalue weighted by Crippen LogP contribution is 2.23. The van der Waals surface area contributed by atoms with Crippen LogP contribution in [0.1, 0.15) is 46.0 Å². The third-order valence-electron chi connectivity index (χ3n) is 3.17. The van der Waals surface area contributed by atoms with Crippen LogP contribution in [0.2, 0.25) is 0 Å². The molecule has 1 saturated carbocycles. The van der Waals surface area contributed by atoms with Crippen LogP contribution in [0.15, 0.2) is 0 Å². The zero-order valence-corrected chi connectivity index (χ0v) is 10.1.